The number of hydrogen-bond acceptors (Lipinski definition) is 3. The molecule has 1 aliphatic rings. The maximum atomic E-state index is 12.4. The van der Waals surface area contributed by atoms with E-state index in [1.807, 2.05) is 6.07 Å². The van der Waals surface area contributed by atoms with Crippen LogP contribution in [0.5, 0.6) is 5.75 Å². The van der Waals surface area contributed by atoms with Gasteiger partial charge in [0, 0.05) is 6.54 Å². The molecular weight excluding hydrogens is 348 g/mol. The normalized spacial score (nSPS) is 13.9. The van der Waals surface area contributed by atoms with Crippen LogP contribution in [0.4, 0.5) is 8.78 Å². The van der Waals surface area contributed by atoms with E-state index in [0.717, 1.165) is 30.4 Å². The number of hydrogen-bond donors (Lipinski definition) is 1. The minimum Gasteiger partial charge on any atom is -0.435 e. The zero-order valence-corrected chi connectivity index (χ0v) is 14.4. The molecule has 0 heterocycles. The summed E-state index contributed by atoms with van der Waals surface area (Å²) in [5, 5.41) is 0. The number of fused-ring (bicyclic) bond motifs is 1. The van der Waals surface area contributed by atoms with Gasteiger partial charge in [-0.1, -0.05) is 18.2 Å². The van der Waals surface area contributed by atoms with Crippen molar-refractivity contribution in [3.05, 3.63) is 59.2 Å². The molecule has 1 N–H and O–H groups in total. The van der Waals surface area contributed by atoms with Crippen molar-refractivity contribution in [3.63, 3.8) is 0 Å². The SMILES string of the molecule is O=S(=O)(NCCc1ccc(OC(F)F)cc1)c1ccc2c(c1)CCC2. The average Bonchev–Trinajstić information content (AvgIpc) is 3.03. The lowest BCUT2D eigenvalue weighted by Crippen LogP contribution is -2.26. The number of aryl methyl sites for hydroxylation is 2. The van der Waals surface area contributed by atoms with Gasteiger partial charge in [-0.05, 0) is 66.6 Å². The summed E-state index contributed by atoms with van der Waals surface area (Å²) in [6, 6.07) is 11.4. The first-order chi connectivity index (χ1) is 11.9. The van der Waals surface area contributed by atoms with E-state index in [4.69, 9.17) is 0 Å². The van der Waals surface area contributed by atoms with Crippen LogP contribution in [0.3, 0.4) is 0 Å². The van der Waals surface area contributed by atoms with E-state index in [9.17, 15) is 17.2 Å². The van der Waals surface area contributed by atoms with Crippen molar-refractivity contribution in [1.29, 1.82) is 0 Å². The third-order valence-electron chi connectivity index (χ3n) is 4.23. The Kier molecular flexibility index (Phi) is 5.34. The van der Waals surface area contributed by atoms with Crippen molar-refractivity contribution in [3.8, 4) is 5.75 Å². The Morgan fingerprint density at radius 2 is 1.76 bits per heavy atom. The van der Waals surface area contributed by atoms with Gasteiger partial charge in [0.25, 0.3) is 0 Å². The summed E-state index contributed by atoms with van der Waals surface area (Å²) in [5.74, 6) is 0.0810. The summed E-state index contributed by atoms with van der Waals surface area (Å²) in [4.78, 5) is 0.286. The van der Waals surface area contributed by atoms with Crippen molar-refractivity contribution in [2.24, 2.45) is 0 Å². The van der Waals surface area contributed by atoms with Gasteiger partial charge in [0.1, 0.15) is 5.75 Å². The van der Waals surface area contributed by atoms with Gasteiger partial charge >= 0.3 is 6.61 Å². The molecule has 2 aromatic rings. The summed E-state index contributed by atoms with van der Waals surface area (Å²) in [7, 11) is -3.55. The van der Waals surface area contributed by atoms with E-state index in [2.05, 4.69) is 9.46 Å². The predicted octanol–water partition coefficient (Wildman–Crippen LogP) is 3.30. The van der Waals surface area contributed by atoms with Crippen LogP contribution in [0.25, 0.3) is 0 Å². The van der Waals surface area contributed by atoms with E-state index < -0.39 is 16.6 Å². The van der Waals surface area contributed by atoms with E-state index in [1.54, 1.807) is 24.3 Å². The van der Waals surface area contributed by atoms with Crippen LogP contribution in [0.15, 0.2) is 47.4 Å². The van der Waals surface area contributed by atoms with Gasteiger partial charge in [-0.3, -0.25) is 0 Å². The third kappa shape index (κ3) is 4.55. The first kappa shape index (κ1) is 17.8. The molecule has 2 aromatic carbocycles. The van der Waals surface area contributed by atoms with Gasteiger partial charge in [0.2, 0.25) is 10.0 Å². The fourth-order valence-electron chi connectivity index (χ4n) is 2.97. The van der Waals surface area contributed by atoms with E-state index >= 15 is 0 Å². The van der Waals surface area contributed by atoms with Gasteiger partial charge in [0.15, 0.2) is 0 Å². The molecule has 0 saturated carbocycles. The minimum atomic E-state index is -3.55. The van der Waals surface area contributed by atoms with Crippen LogP contribution >= 0.6 is 0 Å². The molecule has 1 aliphatic carbocycles. The maximum absolute atomic E-state index is 12.4. The number of ether oxygens (including phenoxy) is 1. The zero-order chi connectivity index (χ0) is 17.9. The molecule has 0 bridgehead atoms. The molecule has 0 radical (unpaired) electrons. The Hall–Kier alpha value is -1.99. The Balaban J connectivity index is 1.57. The highest BCUT2D eigenvalue weighted by Gasteiger charge is 2.18. The molecule has 0 atom stereocenters. The molecule has 3 rings (SSSR count). The Labute approximate surface area is 145 Å². The number of benzene rings is 2. The maximum Gasteiger partial charge on any atom is 0.387 e. The molecule has 0 saturated heterocycles. The highest BCUT2D eigenvalue weighted by molar-refractivity contribution is 7.89. The summed E-state index contributed by atoms with van der Waals surface area (Å²) >= 11 is 0. The smallest absolute Gasteiger partial charge is 0.387 e. The average molecular weight is 367 g/mol. The second-order valence-corrected chi connectivity index (χ2v) is 7.72. The lowest BCUT2D eigenvalue weighted by atomic mass is 10.1. The number of nitrogens with one attached hydrogen (secondary N) is 1. The number of rotatable bonds is 7. The largest absolute Gasteiger partial charge is 0.435 e. The summed E-state index contributed by atoms with van der Waals surface area (Å²) in [6.45, 7) is -2.63. The standard InChI is InChI=1S/C18H19F2NO3S/c19-18(20)24-16-7-4-13(5-8-16)10-11-21-25(22,23)17-9-6-14-2-1-3-15(14)12-17/h4-9,12,18,21H,1-3,10-11H2. The molecule has 0 amide bonds. The quantitative estimate of drug-likeness (QED) is 0.817. The molecule has 25 heavy (non-hydrogen) atoms. The lowest BCUT2D eigenvalue weighted by molar-refractivity contribution is -0.0498. The van der Waals surface area contributed by atoms with Crippen LogP contribution in [-0.4, -0.2) is 21.6 Å². The molecule has 4 nitrogen and oxygen atoms in total. The summed E-state index contributed by atoms with van der Waals surface area (Å²) in [6.07, 6.45) is 3.46. The van der Waals surface area contributed by atoms with Crippen molar-refractivity contribution < 1.29 is 21.9 Å². The van der Waals surface area contributed by atoms with Crippen molar-refractivity contribution in [2.45, 2.75) is 37.2 Å². The highest BCUT2D eigenvalue weighted by Crippen LogP contribution is 2.24. The second-order valence-electron chi connectivity index (χ2n) is 5.95. The van der Waals surface area contributed by atoms with Gasteiger partial charge in [-0.15, -0.1) is 0 Å². The first-order valence-electron chi connectivity index (χ1n) is 8.09. The van der Waals surface area contributed by atoms with E-state index in [1.165, 1.54) is 17.7 Å². The second kappa shape index (κ2) is 7.49. The van der Waals surface area contributed by atoms with Crippen LogP contribution in [0.1, 0.15) is 23.1 Å². The lowest BCUT2D eigenvalue weighted by Gasteiger charge is -2.09. The Bertz CT molecular complexity index is 836. The number of sulfonamides is 1. The van der Waals surface area contributed by atoms with Crippen LogP contribution < -0.4 is 9.46 Å². The van der Waals surface area contributed by atoms with Crippen LogP contribution in [0.2, 0.25) is 0 Å². The molecule has 0 fully saturated rings. The number of halogens is 2. The molecule has 134 valence electrons. The predicted molar refractivity (Wildman–Crippen MR) is 90.4 cm³/mol. The molecule has 0 unspecified atom stereocenters. The van der Waals surface area contributed by atoms with Crippen molar-refractivity contribution >= 4 is 10.0 Å². The first-order valence-corrected chi connectivity index (χ1v) is 9.57. The monoisotopic (exact) mass is 367 g/mol. The third-order valence-corrected chi connectivity index (χ3v) is 5.69. The minimum absolute atomic E-state index is 0.0810. The topological polar surface area (TPSA) is 55.4 Å². The molecule has 7 heteroatoms. The molecule has 0 aliphatic heterocycles. The van der Waals surface area contributed by atoms with Gasteiger partial charge in [-0.2, -0.15) is 8.78 Å². The van der Waals surface area contributed by atoms with Crippen molar-refractivity contribution in [2.75, 3.05) is 6.54 Å². The Morgan fingerprint density at radius 1 is 1.04 bits per heavy atom. The Morgan fingerprint density at radius 3 is 2.48 bits per heavy atom. The highest BCUT2D eigenvalue weighted by atomic mass is 32.2. The van der Waals surface area contributed by atoms with E-state index in [-0.39, 0.29) is 17.2 Å². The van der Waals surface area contributed by atoms with Gasteiger partial charge in [0.05, 0.1) is 4.90 Å². The number of alkyl halides is 2. The van der Waals surface area contributed by atoms with E-state index in [0.29, 0.717) is 6.42 Å². The van der Waals surface area contributed by atoms with Crippen molar-refractivity contribution in [1.82, 2.24) is 4.72 Å². The summed E-state index contributed by atoms with van der Waals surface area (Å²) in [5.41, 5.74) is 3.17. The van der Waals surface area contributed by atoms with Crippen LogP contribution in [0, 0.1) is 0 Å². The molecule has 0 aromatic heterocycles. The zero-order valence-electron chi connectivity index (χ0n) is 13.5. The van der Waals surface area contributed by atoms with Gasteiger partial charge < -0.3 is 4.74 Å². The fourth-order valence-corrected chi connectivity index (χ4v) is 4.05. The molecule has 0 spiro atoms. The van der Waals surface area contributed by atoms with Gasteiger partial charge in [-0.25, -0.2) is 13.1 Å². The fraction of sp³-hybridized carbons (Fsp3) is 0.333. The summed E-state index contributed by atoms with van der Waals surface area (Å²) < 4.78 is 55.8. The molecular formula is C18H19F2NO3S. The van der Waals surface area contributed by atoms with Crippen LogP contribution in [-0.2, 0) is 29.3 Å².